The molecule has 0 aliphatic carbocycles. The second-order valence-corrected chi connectivity index (χ2v) is 6.21. The average molecular weight is 373 g/mol. The molecular weight excluding hydrogens is 356 g/mol. The summed E-state index contributed by atoms with van der Waals surface area (Å²) in [5.74, 6) is 1.15. The van der Waals surface area contributed by atoms with Crippen LogP contribution in [0.2, 0.25) is 5.02 Å². The number of hydroxylamine groups is 1. The fourth-order valence-corrected chi connectivity index (χ4v) is 2.54. The zero-order valence-corrected chi connectivity index (χ0v) is 14.9. The maximum atomic E-state index is 8.86. The molecule has 3 rings (SSSR count). The molecule has 0 atom stereocenters. The fraction of sp³-hybridized carbons (Fsp3) is 0.167. The average Bonchev–Trinajstić information content (AvgIpc) is 3.12. The van der Waals surface area contributed by atoms with Gasteiger partial charge in [-0.1, -0.05) is 28.9 Å². The number of hydrogen-bond donors (Lipinski definition) is 3. The number of halogens is 1. The molecule has 0 radical (unpaired) electrons. The molecule has 8 heteroatoms. The lowest BCUT2D eigenvalue weighted by Crippen LogP contribution is -2.18. The van der Waals surface area contributed by atoms with Gasteiger partial charge in [0.05, 0.1) is 11.1 Å². The first-order valence-corrected chi connectivity index (χ1v) is 8.25. The number of benzene rings is 2. The highest BCUT2D eigenvalue weighted by atomic mass is 35.5. The highest BCUT2D eigenvalue weighted by Crippen LogP contribution is 2.31. The molecule has 1 heterocycles. The number of ether oxygens (including phenoxy) is 1. The predicted molar refractivity (Wildman–Crippen MR) is 97.7 cm³/mol. The molecule has 0 bridgehead atoms. The van der Waals surface area contributed by atoms with Crippen molar-refractivity contribution in [2.45, 2.75) is 20.0 Å². The molecule has 1 aromatic heterocycles. The Balaban J connectivity index is 1.89. The largest absolute Gasteiger partial charge is 0.489 e. The van der Waals surface area contributed by atoms with E-state index in [0.717, 1.165) is 0 Å². The van der Waals surface area contributed by atoms with Crippen molar-refractivity contribution in [3.05, 3.63) is 53.1 Å². The van der Waals surface area contributed by atoms with E-state index in [9.17, 15) is 0 Å². The summed E-state index contributed by atoms with van der Waals surface area (Å²) in [5, 5.41) is 20.9. The molecule has 0 amide bonds. The van der Waals surface area contributed by atoms with Crippen molar-refractivity contribution in [2.75, 3.05) is 0 Å². The van der Waals surface area contributed by atoms with Crippen LogP contribution in [0.4, 0.5) is 0 Å². The van der Waals surface area contributed by atoms with Gasteiger partial charge in [-0.25, -0.2) is 0 Å². The summed E-state index contributed by atoms with van der Waals surface area (Å²) in [6.45, 7) is 3.85. The topological polar surface area (TPSA) is 104 Å². The van der Waals surface area contributed by atoms with Crippen molar-refractivity contribution >= 4 is 17.4 Å². The Hall–Kier alpha value is -2.90. The third kappa shape index (κ3) is 3.84. The highest BCUT2D eigenvalue weighted by Gasteiger charge is 2.14. The first-order chi connectivity index (χ1) is 12.5. The monoisotopic (exact) mass is 372 g/mol. The molecule has 3 aromatic rings. The van der Waals surface area contributed by atoms with Crippen LogP contribution in [0.15, 0.2) is 47.0 Å². The van der Waals surface area contributed by atoms with Crippen LogP contribution in [0.3, 0.4) is 0 Å². The van der Waals surface area contributed by atoms with E-state index >= 15 is 0 Å². The summed E-state index contributed by atoms with van der Waals surface area (Å²) in [6.07, 6.45) is 0.0227. The van der Waals surface area contributed by atoms with Gasteiger partial charge in [-0.2, -0.15) is 4.98 Å². The minimum atomic E-state index is -0.126. The van der Waals surface area contributed by atoms with Gasteiger partial charge in [-0.05, 0) is 44.2 Å². The van der Waals surface area contributed by atoms with Crippen molar-refractivity contribution in [3.63, 3.8) is 0 Å². The Bertz CT molecular complexity index is 940. The van der Waals surface area contributed by atoms with E-state index < -0.39 is 0 Å². The van der Waals surface area contributed by atoms with Crippen molar-refractivity contribution in [2.24, 2.45) is 0 Å². The number of nitrogens with zero attached hydrogens (tertiary/aromatic N) is 2. The molecule has 3 N–H and O–H groups in total. The zero-order chi connectivity index (χ0) is 18.7. The van der Waals surface area contributed by atoms with E-state index in [1.165, 1.54) is 0 Å². The van der Waals surface area contributed by atoms with Crippen LogP contribution in [0, 0.1) is 5.41 Å². The smallest absolute Gasteiger partial charge is 0.258 e. The Morgan fingerprint density at radius 2 is 2.04 bits per heavy atom. The molecular formula is C18H17ClN4O3. The van der Waals surface area contributed by atoms with Gasteiger partial charge in [-0.3, -0.25) is 16.1 Å². The van der Waals surface area contributed by atoms with Gasteiger partial charge in [0, 0.05) is 16.7 Å². The van der Waals surface area contributed by atoms with Gasteiger partial charge < -0.3 is 9.26 Å². The second-order valence-electron chi connectivity index (χ2n) is 5.80. The lowest BCUT2D eigenvalue weighted by Gasteiger charge is -2.11. The van der Waals surface area contributed by atoms with Crippen molar-refractivity contribution in [1.82, 2.24) is 15.6 Å². The van der Waals surface area contributed by atoms with Crippen LogP contribution in [-0.2, 0) is 0 Å². The van der Waals surface area contributed by atoms with Gasteiger partial charge in [0.15, 0.2) is 0 Å². The molecule has 0 aliphatic rings. The standard InChI is InChI=1S/C18H17ClN4O3/c1-10(2)25-15-7-6-12(9-14(15)19)17-21-18(26-23-17)13-5-3-4-11(8-13)16(20)22-24/h3-10,24H,1-2H3,(H2,20,22). The number of hydrogen-bond acceptors (Lipinski definition) is 6. The molecule has 2 aromatic carbocycles. The number of rotatable bonds is 5. The highest BCUT2D eigenvalue weighted by molar-refractivity contribution is 6.32. The van der Waals surface area contributed by atoms with Crippen LogP contribution in [0.25, 0.3) is 22.8 Å². The first kappa shape index (κ1) is 17.9. The van der Waals surface area contributed by atoms with Gasteiger partial charge in [0.1, 0.15) is 11.6 Å². The third-order valence-corrected chi connectivity index (χ3v) is 3.78. The maximum absolute atomic E-state index is 8.86. The van der Waals surface area contributed by atoms with Crippen LogP contribution in [0.5, 0.6) is 5.75 Å². The van der Waals surface area contributed by atoms with E-state index in [4.69, 9.17) is 31.5 Å². The van der Waals surface area contributed by atoms with Crippen LogP contribution in [-0.4, -0.2) is 27.3 Å². The van der Waals surface area contributed by atoms with Crippen LogP contribution in [0.1, 0.15) is 19.4 Å². The van der Waals surface area contributed by atoms with Crippen molar-refractivity contribution in [3.8, 4) is 28.6 Å². The second kappa shape index (κ2) is 7.55. The molecule has 0 spiro atoms. The Kier molecular flexibility index (Phi) is 5.20. The molecule has 0 fully saturated rings. The van der Waals surface area contributed by atoms with Gasteiger partial charge >= 0.3 is 0 Å². The van der Waals surface area contributed by atoms with Gasteiger partial charge in [0.25, 0.3) is 5.89 Å². The number of amidine groups is 1. The number of aromatic nitrogens is 2. The van der Waals surface area contributed by atoms with Crippen LogP contribution >= 0.6 is 11.6 Å². The van der Waals surface area contributed by atoms with E-state index in [1.54, 1.807) is 47.9 Å². The molecule has 134 valence electrons. The molecule has 0 saturated carbocycles. The quantitative estimate of drug-likeness (QED) is 0.353. The van der Waals surface area contributed by atoms with Crippen molar-refractivity contribution < 1.29 is 14.5 Å². The summed E-state index contributed by atoms with van der Waals surface area (Å²) in [4.78, 5) is 4.38. The summed E-state index contributed by atoms with van der Waals surface area (Å²) in [6, 6.07) is 12.1. The van der Waals surface area contributed by atoms with E-state index in [-0.39, 0.29) is 11.9 Å². The van der Waals surface area contributed by atoms with E-state index in [0.29, 0.717) is 39.2 Å². The lowest BCUT2D eigenvalue weighted by atomic mass is 10.1. The lowest BCUT2D eigenvalue weighted by molar-refractivity contribution is 0.234. The van der Waals surface area contributed by atoms with E-state index in [1.807, 2.05) is 13.8 Å². The van der Waals surface area contributed by atoms with Crippen molar-refractivity contribution in [1.29, 1.82) is 5.41 Å². The third-order valence-electron chi connectivity index (χ3n) is 3.49. The van der Waals surface area contributed by atoms with Gasteiger partial charge in [0.2, 0.25) is 5.82 Å². The van der Waals surface area contributed by atoms with E-state index in [2.05, 4.69) is 10.1 Å². The summed E-state index contributed by atoms with van der Waals surface area (Å²) < 4.78 is 10.9. The zero-order valence-electron chi connectivity index (χ0n) is 14.2. The van der Waals surface area contributed by atoms with Crippen LogP contribution < -0.4 is 10.2 Å². The summed E-state index contributed by atoms with van der Waals surface area (Å²) in [7, 11) is 0. The molecule has 0 aliphatic heterocycles. The minimum absolute atomic E-state index is 0.0227. The summed E-state index contributed by atoms with van der Waals surface area (Å²) >= 11 is 6.25. The molecule has 26 heavy (non-hydrogen) atoms. The molecule has 0 unspecified atom stereocenters. The predicted octanol–water partition coefficient (Wildman–Crippen LogP) is 4.15. The number of nitrogens with one attached hydrogen (secondary N) is 2. The normalized spacial score (nSPS) is 10.8. The first-order valence-electron chi connectivity index (χ1n) is 7.87. The molecule has 7 nitrogen and oxygen atoms in total. The Labute approximate surface area is 155 Å². The maximum Gasteiger partial charge on any atom is 0.258 e. The SMILES string of the molecule is CC(C)Oc1ccc(-c2noc(-c3cccc(C(=N)NO)c3)n2)cc1Cl. The Morgan fingerprint density at radius 1 is 1.23 bits per heavy atom. The summed E-state index contributed by atoms with van der Waals surface area (Å²) in [5.41, 5.74) is 3.62. The fourth-order valence-electron chi connectivity index (χ4n) is 2.32. The molecule has 0 saturated heterocycles. The minimum Gasteiger partial charge on any atom is -0.489 e. The Morgan fingerprint density at radius 3 is 2.73 bits per heavy atom. The van der Waals surface area contributed by atoms with Gasteiger partial charge in [-0.15, -0.1) is 0 Å².